The zero-order valence-electron chi connectivity index (χ0n) is 23.6. The van der Waals surface area contributed by atoms with E-state index in [-0.39, 0.29) is 18.6 Å². The van der Waals surface area contributed by atoms with Crippen molar-refractivity contribution < 1.29 is 34.1 Å². The van der Waals surface area contributed by atoms with Gasteiger partial charge in [-0.05, 0) is 85.3 Å². The third-order valence-corrected chi connectivity index (χ3v) is 6.82. The lowest BCUT2D eigenvalue weighted by atomic mass is 10.0. The first kappa shape index (κ1) is 30.1. The standard InChI is InChI=1S/C34H35NO7/c1-24(36)26-13-17-30(18-14-26)42-21-3-2-20-41-29-15-10-25(11-16-29)9-12-27-6-4-7-31-34(27)28(22-33(39)40)23-35(31)19-5-8-32(37)38/h4,6-7,9-18,23H,2-3,5,8,19-22H2,1H3,(H,37,38)(H,39,40)/b12-9+. The lowest BCUT2D eigenvalue weighted by Gasteiger charge is -2.08. The number of hydrogen-bond acceptors (Lipinski definition) is 5. The van der Waals surface area contributed by atoms with E-state index in [0.29, 0.717) is 37.3 Å². The first-order chi connectivity index (χ1) is 20.3. The molecule has 0 atom stereocenters. The van der Waals surface area contributed by atoms with Gasteiger partial charge in [-0.25, -0.2) is 0 Å². The molecule has 2 N–H and O–H groups in total. The highest BCUT2D eigenvalue weighted by Crippen LogP contribution is 2.28. The predicted molar refractivity (Wildman–Crippen MR) is 162 cm³/mol. The number of hydrogen-bond donors (Lipinski definition) is 2. The molecule has 0 amide bonds. The van der Waals surface area contributed by atoms with Crippen LogP contribution >= 0.6 is 0 Å². The van der Waals surface area contributed by atoms with Crippen molar-refractivity contribution in [2.45, 2.75) is 45.6 Å². The first-order valence-corrected chi connectivity index (χ1v) is 14.0. The second-order valence-corrected chi connectivity index (χ2v) is 10.0. The number of carbonyl (C=O) groups excluding carboxylic acids is 1. The van der Waals surface area contributed by atoms with Gasteiger partial charge < -0.3 is 24.3 Å². The summed E-state index contributed by atoms with van der Waals surface area (Å²) in [5.41, 5.74) is 4.13. The number of rotatable bonds is 16. The minimum absolute atomic E-state index is 0.0328. The van der Waals surface area contributed by atoms with Crippen LogP contribution in [0.2, 0.25) is 0 Å². The minimum atomic E-state index is -0.915. The monoisotopic (exact) mass is 569 g/mol. The van der Waals surface area contributed by atoms with Crippen molar-refractivity contribution in [3.63, 3.8) is 0 Å². The fourth-order valence-electron chi connectivity index (χ4n) is 4.72. The number of ether oxygens (including phenoxy) is 2. The van der Waals surface area contributed by atoms with Gasteiger partial charge in [0.25, 0.3) is 0 Å². The number of benzene rings is 3. The van der Waals surface area contributed by atoms with Crippen molar-refractivity contribution >= 4 is 40.8 Å². The van der Waals surface area contributed by atoms with E-state index in [9.17, 15) is 19.5 Å². The Labute approximate surface area is 244 Å². The quantitative estimate of drug-likeness (QED) is 0.0872. The molecule has 8 nitrogen and oxygen atoms in total. The maximum atomic E-state index is 11.5. The van der Waals surface area contributed by atoms with Gasteiger partial charge in [0, 0.05) is 35.6 Å². The Morgan fingerprint density at radius 1 is 0.786 bits per heavy atom. The van der Waals surface area contributed by atoms with Crippen LogP contribution in [-0.2, 0) is 22.6 Å². The number of carboxylic acids is 2. The molecule has 8 heteroatoms. The van der Waals surface area contributed by atoms with Crippen molar-refractivity contribution in [3.8, 4) is 11.5 Å². The highest BCUT2D eigenvalue weighted by Gasteiger charge is 2.14. The number of aromatic nitrogens is 1. The Hall–Kier alpha value is -4.85. The van der Waals surface area contributed by atoms with Crippen molar-refractivity contribution in [2.75, 3.05) is 13.2 Å². The largest absolute Gasteiger partial charge is 0.494 e. The van der Waals surface area contributed by atoms with E-state index < -0.39 is 11.9 Å². The molecule has 4 aromatic rings. The van der Waals surface area contributed by atoms with E-state index >= 15 is 0 Å². The van der Waals surface area contributed by atoms with Gasteiger partial charge in [-0.2, -0.15) is 0 Å². The number of fused-ring (bicyclic) bond motifs is 1. The number of carboxylic acid groups (broad SMARTS) is 2. The van der Waals surface area contributed by atoms with Crippen molar-refractivity contribution in [1.82, 2.24) is 4.57 Å². The highest BCUT2D eigenvalue weighted by atomic mass is 16.5. The Bertz CT molecular complexity index is 1550. The molecule has 4 rings (SSSR count). The van der Waals surface area contributed by atoms with Crippen LogP contribution in [0.5, 0.6) is 11.5 Å². The van der Waals surface area contributed by atoms with Crippen LogP contribution in [0.15, 0.2) is 72.9 Å². The second kappa shape index (κ2) is 14.7. The van der Waals surface area contributed by atoms with E-state index in [1.165, 1.54) is 6.92 Å². The third kappa shape index (κ3) is 8.57. The number of aryl methyl sites for hydroxylation is 1. The Kier molecular flexibility index (Phi) is 10.5. The summed E-state index contributed by atoms with van der Waals surface area (Å²) >= 11 is 0. The Morgan fingerprint density at radius 3 is 2.02 bits per heavy atom. The number of ketones is 1. The molecule has 1 heterocycles. The van der Waals surface area contributed by atoms with E-state index in [1.807, 2.05) is 65.4 Å². The molecule has 1 aromatic heterocycles. The van der Waals surface area contributed by atoms with E-state index in [1.54, 1.807) is 24.3 Å². The third-order valence-electron chi connectivity index (χ3n) is 6.82. The van der Waals surface area contributed by atoms with Crippen LogP contribution in [-0.4, -0.2) is 45.7 Å². The molecule has 0 aliphatic rings. The molecule has 0 aliphatic heterocycles. The van der Waals surface area contributed by atoms with Crippen LogP contribution < -0.4 is 9.47 Å². The van der Waals surface area contributed by atoms with Crippen LogP contribution in [0.1, 0.15) is 59.7 Å². The maximum absolute atomic E-state index is 11.5. The summed E-state index contributed by atoms with van der Waals surface area (Å²) in [6.45, 7) is 3.18. The van der Waals surface area contributed by atoms with Gasteiger partial charge in [-0.1, -0.05) is 36.4 Å². The number of nitrogens with zero attached hydrogens (tertiary/aromatic N) is 1. The fourth-order valence-corrected chi connectivity index (χ4v) is 4.72. The summed E-state index contributed by atoms with van der Waals surface area (Å²) in [7, 11) is 0. The molecule has 0 saturated heterocycles. The SMILES string of the molecule is CC(=O)c1ccc(OCCCCOc2ccc(/C=C/c3cccc4c3c(CC(=O)O)cn4CCCC(=O)O)cc2)cc1. The van der Waals surface area contributed by atoms with E-state index in [2.05, 4.69) is 0 Å². The van der Waals surface area contributed by atoms with E-state index in [4.69, 9.17) is 14.6 Å². The van der Waals surface area contributed by atoms with Crippen LogP contribution in [0.25, 0.3) is 23.1 Å². The minimum Gasteiger partial charge on any atom is -0.494 e. The molecular weight excluding hydrogens is 534 g/mol. The highest BCUT2D eigenvalue weighted by molar-refractivity contribution is 5.96. The fraction of sp³-hybridized carbons (Fsp3) is 0.265. The molecule has 0 spiro atoms. The summed E-state index contributed by atoms with van der Waals surface area (Å²) < 4.78 is 13.5. The summed E-state index contributed by atoms with van der Waals surface area (Å²) in [4.78, 5) is 33.8. The molecular formula is C34H35NO7. The molecule has 42 heavy (non-hydrogen) atoms. The van der Waals surface area contributed by atoms with Crippen LogP contribution in [0, 0.1) is 0 Å². The predicted octanol–water partition coefficient (Wildman–Crippen LogP) is 6.74. The first-order valence-electron chi connectivity index (χ1n) is 14.0. The van der Waals surface area contributed by atoms with Crippen molar-refractivity contribution in [1.29, 1.82) is 0 Å². The van der Waals surface area contributed by atoms with Crippen LogP contribution in [0.3, 0.4) is 0 Å². The zero-order chi connectivity index (χ0) is 29.9. The van der Waals surface area contributed by atoms with Gasteiger partial charge in [-0.15, -0.1) is 0 Å². The van der Waals surface area contributed by atoms with Gasteiger partial charge in [0.05, 0.1) is 19.6 Å². The lowest BCUT2D eigenvalue weighted by molar-refractivity contribution is -0.137. The normalized spacial score (nSPS) is 11.2. The maximum Gasteiger partial charge on any atom is 0.307 e. The number of carbonyl (C=O) groups is 3. The molecule has 0 bridgehead atoms. The average molecular weight is 570 g/mol. The Morgan fingerprint density at radius 2 is 1.43 bits per heavy atom. The second-order valence-electron chi connectivity index (χ2n) is 10.0. The molecule has 0 radical (unpaired) electrons. The van der Waals surface area contributed by atoms with Crippen molar-refractivity contribution in [3.05, 3.63) is 95.2 Å². The van der Waals surface area contributed by atoms with E-state index in [0.717, 1.165) is 46.4 Å². The number of Topliss-reactive ketones (excluding diaryl/α,β-unsaturated/α-hetero) is 1. The van der Waals surface area contributed by atoms with Gasteiger partial charge in [0.15, 0.2) is 5.78 Å². The van der Waals surface area contributed by atoms with Gasteiger partial charge in [-0.3, -0.25) is 14.4 Å². The van der Waals surface area contributed by atoms with Gasteiger partial charge in [0.1, 0.15) is 11.5 Å². The molecule has 0 fully saturated rings. The Balaban J connectivity index is 1.31. The van der Waals surface area contributed by atoms with Crippen LogP contribution in [0.4, 0.5) is 0 Å². The number of unbranched alkanes of at least 4 members (excludes halogenated alkanes) is 1. The molecule has 0 aliphatic carbocycles. The van der Waals surface area contributed by atoms with Gasteiger partial charge >= 0.3 is 11.9 Å². The molecule has 218 valence electrons. The van der Waals surface area contributed by atoms with Crippen molar-refractivity contribution in [2.24, 2.45) is 0 Å². The topological polar surface area (TPSA) is 115 Å². The summed E-state index contributed by atoms with van der Waals surface area (Å²) in [5, 5.41) is 19.3. The zero-order valence-corrected chi connectivity index (χ0v) is 23.6. The lowest BCUT2D eigenvalue weighted by Crippen LogP contribution is -2.02. The summed E-state index contributed by atoms with van der Waals surface area (Å²) in [5.74, 6) is -0.214. The smallest absolute Gasteiger partial charge is 0.307 e. The molecule has 3 aromatic carbocycles. The molecule has 0 unspecified atom stereocenters. The number of aliphatic carboxylic acids is 2. The summed E-state index contributed by atoms with van der Waals surface area (Å²) in [6, 6.07) is 20.7. The average Bonchev–Trinajstić information content (AvgIpc) is 3.31. The van der Waals surface area contributed by atoms with Gasteiger partial charge in [0.2, 0.25) is 0 Å². The summed E-state index contributed by atoms with van der Waals surface area (Å²) in [6.07, 6.45) is 7.86. The molecule has 0 saturated carbocycles.